The second kappa shape index (κ2) is 8.62. The largest absolute Gasteiger partial charge is 0.493 e. The van der Waals surface area contributed by atoms with Gasteiger partial charge in [-0.05, 0) is 54.2 Å². The van der Waals surface area contributed by atoms with Crippen molar-refractivity contribution in [2.45, 2.75) is 25.3 Å². The van der Waals surface area contributed by atoms with E-state index in [1.807, 2.05) is 12.1 Å². The van der Waals surface area contributed by atoms with Gasteiger partial charge in [-0.1, -0.05) is 24.3 Å². The topological polar surface area (TPSA) is 56.8 Å². The van der Waals surface area contributed by atoms with E-state index in [1.165, 1.54) is 17.2 Å². The van der Waals surface area contributed by atoms with Gasteiger partial charge in [0.05, 0.1) is 27.4 Å². The number of hydrogen-bond acceptors (Lipinski definition) is 4. The van der Waals surface area contributed by atoms with Crippen LogP contribution in [0, 0.1) is 0 Å². The number of methoxy groups -OCH3 is 3. The van der Waals surface area contributed by atoms with Crippen molar-refractivity contribution in [1.82, 2.24) is 5.32 Å². The van der Waals surface area contributed by atoms with Crippen LogP contribution < -0.4 is 19.5 Å². The van der Waals surface area contributed by atoms with Crippen LogP contribution in [0.5, 0.6) is 17.2 Å². The first-order valence-electron chi connectivity index (χ1n) is 9.02. The Balaban J connectivity index is 1.74. The Morgan fingerprint density at radius 1 is 1.07 bits per heavy atom. The zero-order valence-electron chi connectivity index (χ0n) is 16.0. The zero-order chi connectivity index (χ0) is 19.2. The molecule has 5 nitrogen and oxygen atoms in total. The maximum absolute atomic E-state index is 12.4. The molecule has 27 heavy (non-hydrogen) atoms. The monoisotopic (exact) mass is 367 g/mol. The van der Waals surface area contributed by atoms with Gasteiger partial charge in [-0.15, -0.1) is 0 Å². The summed E-state index contributed by atoms with van der Waals surface area (Å²) in [6.45, 7) is 0. The van der Waals surface area contributed by atoms with Crippen LogP contribution in [-0.2, 0) is 11.2 Å². The van der Waals surface area contributed by atoms with E-state index in [9.17, 15) is 4.79 Å². The molecule has 2 aromatic rings. The minimum Gasteiger partial charge on any atom is -0.493 e. The van der Waals surface area contributed by atoms with Crippen molar-refractivity contribution in [2.24, 2.45) is 0 Å². The molecule has 0 saturated carbocycles. The summed E-state index contributed by atoms with van der Waals surface area (Å²) in [4.78, 5) is 12.4. The molecule has 2 aromatic carbocycles. The molecule has 3 rings (SSSR count). The summed E-state index contributed by atoms with van der Waals surface area (Å²) in [5.74, 6) is 1.52. The third-order valence-corrected chi connectivity index (χ3v) is 4.80. The fourth-order valence-corrected chi connectivity index (χ4v) is 3.49. The van der Waals surface area contributed by atoms with E-state index in [0.29, 0.717) is 17.2 Å². The summed E-state index contributed by atoms with van der Waals surface area (Å²) in [6.07, 6.45) is 6.40. The van der Waals surface area contributed by atoms with Crippen LogP contribution in [0.3, 0.4) is 0 Å². The molecule has 0 spiro atoms. The summed E-state index contributed by atoms with van der Waals surface area (Å²) in [5, 5.41) is 3.11. The van der Waals surface area contributed by atoms with Crippen LogP contribution in [-0.4, -0.2) is 27.2 Å². The van der Waals surface area contributed by atoms with Gasteiger partial charge >= 0.3 is 0 Å². The van der Waals surface area contributed by atoms with E-state index in [0.717, 1.165) is 24.8 Å². The molecule has 1 aliphatic rings. The highest BCUT2D eigenvalue weighted by Crippen LogP contribution is 2.38. The Bertz CT molecular complexity index is 819. The van der Waals surface area contributed by atoms with Crippen LogP contribution in [0.1, 0.15) is 35.6 Å². The van der Waals surface area contributed by atoms with Gasteiger partial charge in [0.2, 0.25) is 11.7 Å². The highest BCUT2D eigenvalue weighted by atomic mass is 16.5. The number of rotatable bonds is 6. The number of nitrogens with one attached hydrogen (secondary N) is 1. The number of carbonyl (C=O) groups excluding carboxylic acids is 1. The summed E-state index contributed by atoms with van der Waals surface area (Å²) < 4.78 is 16.0. The van der Waals surface area contributed by atoms with Crippen molar-refractivity contribution in [3.05, 3.63) is 59.2 Å². The van der Waals surface area contributed by atoms with Gasteiger partial charge < -0.3 is 19.5 Å². The maximum Gasteiger partial charge on any atom is 0.244 e. The molecular weight excluding hydrogens is 342 g/mol. The molecule has 1 atom stereocenters. The lowest BCUT2D eigenvalue weighted by molar-refractivity contribution is -0.117. The third kappa shape index (κ3) is 4.25. The van der Waals surface area contributed by atoms with Crippen molar-refractivity contribution < 1.29 is 19.0 Å². The van der Waals surface area contributed by atoms with Crippen molar-refractivity contribution in [3.63, 3.8) is 0 Å². The van der Waals surface area contributed by atoms with E-state index >= 15 is 0 Å². The van der Waals surface area contributed by atoms with E-state index in [2.05, 4.69) is 17.4 Å². The number of fused-ring (bicyclic) bond motifs is 1. The van der Waals surface area contributed by atoms with E-state index in [-0.39, 0.29) is 11.9 Å². The van der Waals surface area contributed by atoms with Crippen LogP contribution in [0.25, 0.3) is 6.08 Å². The number of amides is 1. The average Bonchev–Trinajstić information content (AvgIpc) is 2.71. The third-order valence-electron chi connectivity index (χ3n) is 4.80. The number of hydrogen-bond donors (Lipinski definition) is 1. The molecule has 0 heterocycles. The summed E-state index contributed by atoms with van der Waals surface area (Å²) in [7, 11) is 4.70. The lowest BCUT2D eigenvalue weighted by Crippen LogP contribution is -2.29. The second-order valence-electron chi connectivity index (χ2n) is 6.44. The molecule has 0 bridgehead atoms. The molecular formula is C22H25NO4. The lowest BCUT2D eigenvalue weighted by atomic mass is 9.88. The first kappa shape index (κ1) is 18.8. The first-order chi connectivity index (χ1) is 13.2. The average molecular weight is 367 g/mol. The van der Waals surface area contributed by atoms with Crippen molar-refractivity contribution >= 4 is 12.0 Å². The molecule has 1 aliphatic carbocycles. The van der Waals surface area contributed by atoms with Crippen molar-refractivity contribution in [2.75, 3.05) is 21.3 Å². The summed E-state index contributed by atoms with van der Waals surface area (Å²) in [5.41, 5.74) is 3.34. The molecule has 0 saturated heterocycles. The minimum absolute atomic E-state index is 0.0621. The predicted octanol–water partition coefficient (Wildman–Crippen LogP) is 3.92. The molecule has 142 valence electrons. The normalized spacial score (nSPS) is 15.9. The van der Waals surface area contributed by atoms with Crippen LogP contribution in [0.15, 0.2) is 42.5 Å². The zero-order valence-corrected chi connectivity index (χ0v) is 16.0. The van der Waals surface area contributed by atoms with Gasteiger partial charge in [0.1, 0.15) is 0 Å². The Labute approximate surface area is 159 Å². The van der Waals surface area contributed by atoms with E-state index < -0.39 is 0 Å². The predicted molar refractivity (Wildman–Crippen MR) is 105 cm³/mol. The molecule has 5 heteroatoms. The second-order valence-corrected chi connectivity index (χ2v) is 6.44. The fraction of sp³-hybridized carbons (Fsp3) is 0.318. The number of ether oxygens (including phenoxy) is 3. The van der Waals surface area contributed by atoms with Gasteiger partial charge in [-0.2, -0.15) is 0 Å². The first-order valence-corrected chi connectivity index (χ1v) is 9.02. The fourth-order valence-electron chi connectivity index (χ4n) is 3.49. The lowest BCUT2D eigenvalue weighted by Gasteiger charge is -2.25. The van der Waals surface area contributed by atoms with Crippen molar-refractivity contribution in [1.29, 1.82) is 0 Å². The standard InChI is InChI=1S/C22H25NO4/c1-25-19-13-15(14-20(26-2)22(19)27-3)11-12-21(24)23-18-10-6-8-16-7-4-5-9-17(16)18/h4-5,7,9,11-14,18H,6,8,10H2,1-3H3,(H,23,24)/b12-11+. The number of benzene rings is 2. The Kier molecular flexibility index (Phi) is 6.01. The van der Waals surface area contributed by atoms with Crippen LogP contribution in [0.2, 0.25) is 0 Å². The SMILES string of the molecule is COc1cc(/C=C/C(=O)NC2CCCc3ccccc32)cc(OC)c1OC. The van der Waals surface area contributed by atoms with Gasteiger partial charge in [-0.25, -0.2) is 0 Å². The maximum atomic E-state index is 12.4. The van der Waals surface area contributed by atoms with Gasteiger partial charge in [0.25, 0.3) is 0 Å². The van der Waals surface area contributed by atoms with E-state index in [4.69, 9.17) is 14.2 Å². The molecule has 0 radical (unpaired) electrons. The smallest absolute Gasteiger partial charge is 0.244 e. The Morgan fingerprint density at radius 2 is 1.78 bits per heavy atom. The quantitative estimate of drug-likeness (QED) is 0.786. The van der Waals surface area contributed by atoms with Gasteiger partial charge in [-0.3, -0.25) is 4.79 Å². The number of carbonyl (C=O) groups is 1. The van der Waals surface area contributed by atoms with E-state index in [1.54, 1.807) is 39.5 Å². The molecule has 1 N–H and O–H groups in total. The summed E-state index contributed by atoms with van der Waals surface area (Å²) in [6, 6.07) is 12.0. The molecule has 1 unspecified atom stereocenters. The van der Waals surface area contributed by atoms with Crippen LogP contribution >= 0.6 is 0 Å². The highest BCUT2D eigenvalue weighted by molar-refractivity contribution is 5.92. The molecule has 0 aromatic heterocycles. The highest BCUT2D eigenvalue weighted by Gasteiger charge is 2.20. The Hall–Kier alpha value is -2.95. The molecule has 1 amide bonds. The molecule has 0 fully saturated rings. The van der Waals surface area contributed by atoms with Crippen molar-refractivity contribution in [3.8, 4) is 17.2 Å². The van der Waals surface area contributed by atoms with Crippen LogP contribution in [0.4, 0.5) is 0 Å². The minimum atomic E-state index is -0.120. The Morgan fingerprint density at radius 3 is 2.44 bits per heavy atom. The van der Waals surface area contributed by atoms with Gasteiger partial charge in [0, 0.05) is 6.08 Å². The molecule has 0 aliphatic heterocycles. The van der Waals surface area contributed by atoms with Gasteiger partial charge in [0.15, 0.2) is 11.5 Å². The number of aryl methyl sites for hydroxylation is 1. The summed E-state index contributed by atoms with van der Waals surface area (Å²) >= 11 is 0.